The van der Waals surface area contributed by atoms with Gasteiger partial charge in [0, 0.05) is 25.2 Å². The lowest BCUT2D eigenvalue weighted by Crippen LogP contribution is -2.24. The lowest BCUT2D eigenvalue weighted by Gasteiger charge is -2.06. The molecule has 0 aliphatic carbocycles. The van der Waals surface area contributed by atoms with E-state index in [-0.39, 0.29) is 11.7 Å². The van der Waals surface area contributed by atoms with E-state index in [4.69, 9.17) is 0 Å². The summed E-state index contributed by atoms with van der Waals surface area (Å²) in [5.41, 5.74) is 0.766. The van der Waals surface area contributed by atoms with Gasteiger partial charge in [-0.2, -0.15) is 0 Å². The monoisotopic (exact) mass is 224 g/mol. The molecule has 0 aromatic heterocycles. The smallest absolute Gasteiger partial charge is 0.219 e. The minimum Gasteiger partial charge on any atom is -0.385 e. The Balaban J connectivity index is 2.14. The fraction of sp³-hybridized carbons (Fsp3) is 0.417. The summed E-state index contributed by atoms with van der Waals surface area (Å²) in [6.45, 7) is 3.18. The van der Waals surface area contributed by atoms with Gasteiger partial charge in [-0.1, -0.05) is 13.0 Å². The summed E-state index contributed by atoms with van der Waals surface area (Å²) >= 11 is 0. The average molecular weight is 224 g/mol. The van der Waals surface area contributed by atoms with Crippen LogP contribution >= 0.6 is 0 Å². The summed E-state index contributed by atoms with van der Waals surface area (Å²) in [6, 6.07) is 6.33. The normalized spacial score (nSPS) is 9.88. The number of carbonyl (C=O) groups is 1. The largest absolute Gasteiger partial charge is 0.385 e. The van der Waals surface area contributed by atoms with Gasteiger partial charge in [0.25, 0.3) is 0 Å². The van der Waals surface area contributed by atoms with E-state index >= 15 is 0 Å². The molecule has 0 bridgehead atoms. The second kappa shape index (κ2) is 6.82. The van der Waals surface area contributed by atoms with Crippen LogP contribution in [0.5, 0.6) is 0 Å². The molecule has 1 aromatic carbocycles. The highest BCUT2D eigenvalue weighted by molar-refractivity contribution is 5.75. The summed E-state index contributed by atoms with van der Waals surface area (Å²) in [5.74, 6) is -0.185. The zero-order valence-corrected chi connectivity index (χ0v) is 9.42. The molecule has 4 heteroatoms. The van der Waals surface area contributed by atoms with Gasteiger partial charge in [0.2, 0.25) is 5.91 Å². The molecule has 1 aromatic rings. The average Bonchev–Trinajstić information content (AvgIpc) is 2.28. The van der Waals surface area contributed by atoms with Gasteiger partial charge in [-0.15, -0.1) is 0 Å². The van der Waals surface area contributed by atoms with Crippen LogP contribution in [0.2, 0.25) is 0 Å². The quantitative estimate of drug-likeness (QED) is 0.727. The number of carbonyl (C=O) groups excluding carboxylic acids is 1. The molecular formula is C12H17FN2O. The van der Waals surface area contributed by atoms with Crippen LogP contribution in [0.15, 0.2) is 24.3 Å². The molecule has 0 aliphatic rings. The molecule has 0 fully saturated rings. The molecule has 2 N–H and O–H groups in total. The third kappa shape index (κ3) is 4.77. The summed E-state index contributed by atoms with van der Waals surface area (Å²) in [7, 11) is 0. The van der Waals surface area contributed by atoms with Crippen molar-refractivity contribution in [1.29, 1.82) is 0 Å². The Bertz CT molecular complexity index is 342. The van der Waals surface area contributed by atoms with Crippen LogP contribution in [0.3, 0.4) is 0 Å². The first-order valence-corrected chi connectivity index (χ1v) is 5.48. The van der Waals surface area contributed by atoms with Crippen molar-refractivity contribution in [2.75, 3.05) is 18.4 Å². The van der Waals surface area contributed by atoms with Crippen LogP contribution in [0, 0.1) is 5.82 Å². The molecule has 0 radical (unpaired) electrons. The van der Waals surface area contributed by atoms with Gasteiger partial charge in [-0.05, 0) is 24.6 Å². The third-order valence-electron chi connectivity index (χ3n) is 2.15. The summed E-state index contributed by atoms with van der Waals surface area (Å²) in [4.78, 5) is 10.9. The molecule has 3 nitrogen and oxygen atoms in total. The molecule has 16 heavy (non-hydrogen) atoms. The van der Waals surface area contributed by atoms with Crippen LogP contribution in [0.1, 0.15) is 19.8 Å². The van der Waals surface area contributed by atoms with E-state index in [1.807, 2.05) is 13.0 Å². The maximum Gasteiger partial charge on any atom is 0.219 e. The van der Waals surface area contributed by atoms with Gasteiger partial charge >= 0.3 is 0 Å². The van der Waals surface area contributed by atoms with E-state index in [2.05, 4.69) is 10.6 Å². The molecule has 1 rings (SSSR count). The van der Waals surface area contributed by atoms with E-state index in [0.717, 1.165) is 12.1 Å². The Kier molecular flexibility index (Phi) is 5.32. The minimum absolute atomic E-state index is 0.0609. The van der Waals surface area contributed by atoms with Gasteiger partial charge in [-0.25, -0.2) is 4.39 Å². The van der Waals surface area contributed by atoms with Gasteiger partial charge in [0.1, 0.15) is 5.82 Å². The van der Waals surface area contributed by atoms with Crippen LogP contribution in [-0.4, -0.2) is 19.0 Å². The molecule has 0 heterocycles. The van der Waals surface area contributed by atoms with Crippen molar-refractivity contribution in [3.05, 3.63) is 30.1 Å². The van der Waals surface area contributed by atoms with Gasteiger partial charge in [0.15, 0.2) is 0 Å². The van der Waals surface area contributed by atoms with E-state index in [1.54, 1.807) is 6.07 Å². The summed E-state index contributed by atoms with van der Waals surface area (Å²) in [5, 5.41) is 5.86. The first-order chi connectivity index (χ1) is 7.72. The Labute approximate surface area is 95.0 Å². The lowest BCUT2D eigenvalue weighted by atomic mass is 10.3. The molecule has 0 saturated carbocycles. The number of nitrogens with one attached hydrogen (secondary N) is 2. The number of halogens is 1. The van der Waals surface area contributed by atoms with Crippen molar-refractivity contribution < 1.29 is 9.18 Å². The van der Waals surface area contributed by atoms with Gasteiger partial charge in [-0.3, -0.25) is 4.79 Å². The van der Waals surface area contributed by atoms with Crippen molar-refractivity contribution >= 4 is 11.6 Å². The van der Waals surface area contributed by atoms with E-state index in [1.165, 1.54) is 12.1 Å². The van der Waals surface area contributed by atoms with Crippen molar-refractivity contribution in [3.63, 3.8) is 0 Å². The molecule has 0 spiro atoms. The number of hydrogen-bond donors (Lipinski definition) is 2. The lowest BCUT2D eigenvalue weighted by molar-refractivity contribution is -0.120. The van der Waals surface area contributed by atoms with Gasteiger partial charge < -0.3 is 10.6 Å². The minimum atomic E-state index is -0.246. The highest BCUT2D eigenvalue weighted by atomic mass is 19.1. The predicted octanol–water partition coefficient (Wildman–Crippen LogP) is 2.15. The molecule has 0 saturated heterocycles. The molecular weight excluding hydrogens is 207 g/mol. The predicted molar refractivity (Wildman–Crippen MR) is 62.8 cm³/mol. The second-order valence-electron chi connectivity index (χ2n) is 3.49. The van der Waals surface area contributed by atoms with Crippen molar-refractivity contribution in [1.82, 2.24) is 5.32 Å². The molecule has 0 atom stereocenters. The van der Waals surface area contributed by atoms with Gasteiger partial charge in [0.05, 0.1) is 0 Å². The van der Waals surface area contributed by atoms with Crippen molar-refractivity contribution in [2.24, 2.45) is 0 Å². The highest BCUT2D eigenvalue weighted by Gasteiger charge is 1.96. The van der Waals surface area contributed by atoms with E-state index in [9.17, 15) is 9.18 Å². The standard InChI is InChI=1S/C12H17FN2O/c1-2-12(16)15-8-4-7-14-11-6-3-5-10(13)9-11/h3,5-6,9,14H,2,4,7-8H2,1H3,(H,15,16). The fourth-order valence-corrected chi connectivity index (χ4v) is 1.27. The Morgan fingerprint density at radius 1 is 1.38 bits per heavy atom. The number of rotatable bonds is 6. The zero-order chi connectivity index (χ0) is 11.8. The maximum absolute atomic E-state index is 12.8. The SMILES string of the molecule is CCC(=O)NCCCNc1cccc(F)c1. The molecule has 1 amide bonds. The van der Waals surface area contributed by atoms with Crippen LogP contribution in [0.25, 0.3) is 0 Å². The summed E-state index contributed by atoms with van der Waals surface area (Å²) in [6.07, 6.45) is 1.33. The summed E-state index contributed by atoms with van der Waals surface area (Å²) < 4.78 is 12.8. The second-order valence-corrected chi connectivity index (χ2v) is 3.49. The van der Waals surface area contributed by atoms with E-state index in [0.29, 0.717) is 19.5 Å². The van der Waals surface area contributed by atoms with E-state index < -0.39 is 0 Å². The molecule has 88 valence electrons. The van der Waals surface area contributed by atoms with Crippen LogP contribution in [-0.2, 0) is 4.79 Å². The highest BCUT2D eigenvalue weighted by Crippen LogP contribution is 2.08. The Hall–Kier alpha value is -1.58. The number of amides is 1. The first kappa shape index (κ1) is 12.5. The zero-order valence-electron chi connectivity index (χ0n) is 9.42. The Morgan fingerprint density at radius 2 is 2.19 bits per heavy atom. The number of benzene rings is 1. The maximum atomic E-state index is 12.8. The first-order valence-electron chi connectivity index (χ1n) is 5.48. The van der Waals surface area contributed by atoms with Crippen LogP contribution < -0.4 is 10.6 Å². The fourth-order valence-electron chi connectivity index (χ4n) is 1.27. The number of hydrogen-bond acceptors (Lipinski definition) is 2. The Morgan fingerprint density at radius 3 is 2.88 bits per heavy atom. The van der Waals surface area contributed by atoms with Crippen molar-refractivity contribution in [3.8, 4) is 0 Å². The van der Waals surface area contributed by atoms with Crippen LogP contribution in [0.4, 0.5) is 10.1 Å². The molecule has 0 unspecified atom stereocenters. The topological polar surface area (TPSA) is 41.1 Å². The third-order valence-corrected chi connectivity index (χ3v) is 2.15. The van der Waals surface area contributed by atoms with Crippen molar-refractivity contribution in [2.45, 2.75) is 19.8 Å². The number of anilines is 1. The molecule has 0 aliphatic heterocycles.